The minimum atomic E-state index is -4.96. The molecule has 0 fully saturated rings. The third-order valence-corrected chi connectivity index (χ3v) is 21.1. The minimum absolute atomic E-state index is 0.108. The zero-order chi connectivity index (χ0) is 74.2. The van der Waals surface area contributed by atoms with Crippen LogP contribution in [0.3, 0.4) is 0 Å². The van der Waals surface area contributed by atoms with E-state index in [1.54, 1.807) is 0 Å². The van der Waals surface area contributed by atoms with Crippen molar-refractivity contribution in [1.82, 2.24) is 0 Å². The molecule has 600 valence electrons. The highest BCUT2D eigenvalue weighted by Crippen LogP contribution is 2.45. The van der Waals surface area contributed by atoms with Crippen molar-refractivity contribution < 1.29 is 80.2 Å². The summed E-state index contributed by atoms with van der Waals surface area (Å²) in [5.41, 5.74) is 0. The van der Waals surface area contributed by atoms with E-state index in [-0.39, 0.29) is 25.7 Å². The Bertz CT molecular complexity index is 1940. The summed E-state index contributed by atoms with van der Waals surface area (Å²) in [6, 6.07) is 0. The maximum atomic E-state index is 13.1. The zero-order valence-corrected chi connectivity index (χ0v) is 68.0. The van der Waals surface area contributed by atoms with Crippen molar-refractivity contribution in [2.75, 3.05) is 39.6 Å². The molecule has 0 saturated heterocycles. The molecule has 19 heteroatoms. The first-order valence-corrected chi connectivity index (χ1v) is 45.5. The van der Waals surface area contributed by atoms with E-state index >= 15 is 0 Å². The van der Waals surface area contributed by atoms with Gasteiger partial charge in [-0.2, -0.15) is 0 Å². The second-order valence-electron chi connectivity index (χ2n) is 30.5. The molecule has 0 aliphatic heterocycles. The molecule has 0 aromatic rings. The number of phosphoric ester groups is 2. The molecule has 0 aromatic heterocycles. The number of carbonyl (C=O) groups excluding carboxylic acids is 4. The van der Waals surface area contributed by atoms with E-state index in [2.05, 4.69) is 41.5 Å². The van der Waals surface area contributed by atoms with Gasteiger partial charge in [-0.25, -0.2) is 9.13 Å². The molecular formula is C82H160O17P2. The van der Waals surface area contributed by atoms with Crippen LogP contribution in [0.5, 0.6) is 0 Å². The van der Waals surface area contributed by atoms with Gasteiger partial charge in [0.15, 0.2) is 12.2 Å². The smallest absolute Gasteiger partial charge is 0.462 e. The fourth-order valence-corrected chi connectivity index (χ4v) is 14.3. The van der Waals surface area contributed by atoms with Crippen LogP contribution in [-0.2, 0) is 65.4 Å². The number of hydrogen-bond donors (Lipinski definition) is 3. The molecule has 5 atom stereocenters. The monoisotopic (exact) mass is 1480 g/mol. The highest BCUT2D eigenvalue weighted by Gasteiger charge is 2.30. The van der Waals surface area contributed by atoms with Gasteiger partial charge < -0.3 is 33.8 Å². The normalized spacial score (nSPS) is 13.9. The van der Waals surface area contributed by atoms with E-state index < -0.39 is 97.5 Å². The van der Waals surface area contributed by atoms with Crippen molar-refractivity contribution in [2.45, 2.75) is 452 Å². The molecule has 0 heterocycles. The lowest BCUT2D eigenvalue weighted by molar-refractivity contribution is -0.161. The number of hydrogen-bond acceptors (Lipinski definition) is 15. The minimum Gasteiger partial charge on any atom is -0.462 e. The topological polar surface area (TPSA) is 237 Å². The first kappa shape index (κ1) is 99.1. The molecule has 0 rings (SSSR count). The second-order valence-corrected chi connectivity index (χ2v) is 33.4. The molecule has 0 spiro atoms. The summed E-state index contributed by atoms with van der Waals surface area (Å²) >= 11 is 0. The molecular weight excluding hydrogens is 1320 g/mol. The Labute approximate surface area is 619 Å². The Morgan fingerprint density at radius 2 is 0.455 bits per heavy atom. The number of carbonyl (C=O) groups is 4. The zero-order valence-electron chi connectivity index (χ0n) is 66.2. The Balaban J connectivity index is 5.11. The van der Waals surface area contributed by atoms with Crippen molar-refractivity contribution in [3.63, 3.8) is 0 Å². The summed E-state index contributed by atoms with van der Waals surface area (Å²) in [5.74, 6) is -0.497. The van der Waals surface area contributed by atoms with Gasteiger partial charge in [-0.15, -0.1) is 0 Å². The third kappa shape index (κ3) is 76.1. The number of unbranched alkanes of at least 4 members (excludes halogenated alkanes) is 51. The van der Waals surface area contributed by atoms with Gasteiger partial charge in [0, 0.05) is 25.7 Å². The van der Waals surface area contributed by atoms with Gasteiger partial charge in [0.05, 0.1) is 26.4 Å². The average molecular weight is 1480 g/mol. The average Bonchev–Trinajstić information content (AvgIpc) is 0.931. The number of aliphatic hydroxyl groups excluding tert-OH is 1. The molecule has 3 N–H and O–H groups in total. The number of rotatable bonds is 81. The van der Waals surface area contributed by atoms with Gasteiger partial charge in [0.1, 0.15) is 19.3 Å². The van der Waals surface area contributed by atoms with Gasteiger partial charge >= 0.3 is 39.5 Å². The van der Waals surface area contributed by atoms with Crippen LogP contribution in [0.25, 0.3) is 0 Å². The number of aliphatic hydroxyl groups is 1. The van der Waals surface area contributed by atoms with E-state index in [1.165, 1.54) is 244 Å². The Hall–Kier alpha value is -1.94. The molecule has 0 saturated carbocycles. The third-order valence-electron chi connectivity index (χ3n) is 19.2. The molecule has 0 radical (unpaired) electrons. The standard InChI is InChI=1S/C82H160O17P2/c1-7-9-11-13-14-15-16-17-18-19-20-28-33-38-43-48-54-60-66-81(86)98-77(70-92-79(84)64-58-50-12-10-8-2)72-96-100(88,89)94-68-76(83)69-95-101(90,91)97-73-78(99-82(87)67-61-55-49-44-39-34-29-24-22-26-31-36-41-46-52-57-63-75(5)6)71-93-80(85)65-59-53-47-42-37-32-27-23-21-25-30-35-40-45-51-56-62-74(3)4/h74-78,83H,7-73H2,1-6H3,(H,88,89)(H,90,91)/t76-,77+,78+/m0/s1. The second kappa shape index (κ2) is 73.6. The predicted molar refractivity (Wildman–Crippen MR) is 414 cm³/mol. The number of esters is 4. The van der Waals surface area contributed by atoms with E-state index in [0.29, 0.717) is 25.7 Å². The summed E-state index contributed by atoms with van der Waals surface area (Å²) in [6.45, 7) is 9.62. The van der Waals surface area contributed by atoms with Crippen molar-refractivity contribution in [2.24, 2.45) is 11.8 Å². The van der Waals surface area contributed by atoms with Gasteiger partial charge in [-0.05, 0) is 37.5 Å². The van der Waals surface area contributed by atoms with Crippen LogP contribution in [0.15, 0.2) is 0 Å². The lowest BCUT2D eigenvalue weighted by Crippen LogP contribution is -2.30. The molecule has 0 aliphatic carbocycles. The van der Waals surface area contributed by atoms with Crippen molar-refractivity contribution in [3.8, 4) is 0 Å². The SMILES string of the molecule is CCCCCCCCCCCCCCCCCCCCC(=O)O[C@H](COC(=O)CCCCCCC)COP(=O)(O)OC[C@H](O)COP(=O)(O)OC[C@@H](COC(=O)CCCCCCCCCCCCCCCCCCC(C)C)OC(=O)CCCCCCCCCCCCCCCCCCC(C)C. The van der Waals surface area contributed by atoms with Crippen LogP contribution in [0.2, 0.25) is 0 Å². The molecule has 0 amide bonds. The van der Waals surface area contributed by atoms with Gasteiger partial charge in [0.25, 0.3) is 0 Å². The highest BCUT2D eigenvalue weighted by molar-refractivity contribution is 7.47. The van der Waals surface area contributed by atoms with Gasteiger partial charge in [-0.1, -0.05) is 382 Å². The van der Waals surface area contributed by atoms with Crippen molar-refractivity contribution in [3.05, 3.63) is 0 Å². The highest BCUT2D eigenvalue weighted by atomic mass is 31.2. The summed E-state index contributed by atoms with van der Waals surface area (Å²) in [7, 11) is -9.91. The fourth-order valence-electron chi connectivity index (χ4n) is 12.7. The Morgan fingerprint density at radius 1 is 0.267 bits per heavy atom. The number of ether oxygens (including phenoxy) is 4. The summed E-state index contributed by atoms with van der Waals surface area (Å²) in [4.78, 5) is 72.8. The van der Waals surface area contributed by atoms with Crippen molar-refractivity contribution >= 4 is 39.5 Å². The molecule has 2 unspecified atom stereocenters. The fraction of sp³-hybridized carbons (Fsp3) is 0.951. The van der Waals surface area contributed by atoms with E-state index in [1.807, 2.05) is 0 Å². The van der Waals surface area contributed by atoms with Crippen LogP contribution in [0.1, 0.15) is 433 Å². The molecule has 0 aliphatic rings. The molecule has 0 bridgehead atoms. The first-order valence-electron chi connectivity index (χ1n) is 42.5. The lowest BCUT2D eigenvalue weighted by Gasteiger charge is -2.21. The van der Waals surface area contributed by atoms with E-state index in [0.717, 1.165) is 108 Å². The maximum Gasteiger partial charge on any atom is 0.472 e. The van der Waals surface area contributed by atoms with E-state index in [4.69, 9.17) is 37.0 Å². The Kier molecular flexibility index (Phi) is 72.2. The van der Waals surface area contributed by atoms with E-state index in [9.17, 15) is 43.2 Å². The van der Waals surface area contributed by atoms with Crippen LogP contribution in [0.4, 0.5) is 0 Å². The lowest BCUT2D eigenvalue weighted by atomic mass is 10.0. The Morgan fingerprint density at radius 3 is 0.673 bits per heavy atom. The number of phosphoric acid groups is 2. The summed E-state index contributed by atoms with van der Waals surface area (Å²) < 4.78 is 68.5. The van der Waals surface area contributed by atoms with Crippen LogP contribution < -0.4 is 0 Å². The maximum absolute atomic E-state index is 13.1. The van der Waals surface area contributed by atoms with Crippen molar-refractivity contribution in [1.29, 1.82) is 0 Å². The van der Waals surface area contributed by atoms with Gasteiger partial charge in [-0.3, -0.25) is 37.3 Å². The van der Waals surface area contributed by atoms with Crippen LogP contribution in [0, 0.1) is 11.8 Å². The van der Waals surface area contributed by atoms with Crippen LogP contribution >= 0.6 is 15.6 Å². The molecule has 0 aromatic carbocycles. The van der Waals surface area contributed by atoms with Gasteiger partial charge in [0.2, 0.25) is 0 Å². The summed E-state index contributed by atoms with van der Waals surface area (Å²) in [6.07, 6.45) is 64.3. The quantitative estimate of drug-likeness (QED) is 0.0222. The molecule has 17 nitrogen and oxygen atoms in total. The largest absolute Gasteiger partial charge is 0.472 e. The first-order chi connectivity index (χ1) is 48.9. The van der Waals surface area contributed by atoms with Crippen LogP contribution in [-0.4, -0.2) is 96.7 Å². The molecule has 101 heavy (non-hydrogen) atoms. The summed E-state index contributed by atoms with van der Waals surface area (Å²) in [5, 5.41) is 10.6. The predicted octanol–water partition coefficient (Wildman–Crippen LogP) is 24.7.